The third-order valence-electron chi connectivity index (χ3n) is 1.82. The van der Waals surface area contributed by atoms with Crippen LogP contribution in [-0.4, -0.2) is 0 Å². The van der Waals surface area contributed by atoms with Crippen LogP contribution in [0.1, 0.15) is 18.4 Å². The molecule has 0 atom stereocenters. The van der Waals surface area contributed by atoms with E-state index in [1.54, 1.807) is 6.07 Å². The van der Waals surface area contributed by atoms with Gasteiger partial charge in [0.2, 0.25) is 0 Å². The smallest absolute Gasteiger partial charge is 0.201 e. The summed E-state index contributed by atoms with van der Waals surface area (Å²) < 4.78 is 26.6. The third kappa shape index (κ3) is 2.68. The number of nitriles is 1. The minimum Gasteiger partial charge on any atom is -0.201 e. The molecule has 1 aromatic carbocycles. The first-order valence-corrected chi connectivity index (χ1v) is 4.45. The van der Waals surface area contributed by atoms with Crippen LogP contribution < -0.4 is 0 Å². The fourth-order valence-electron chi connectivity index (χ4n) is 1.05. The first-order valence-electron chi connectivity index (χ1n) is 4.07. The summed E-state index contributed by atoms with van der Waals surface area (Å²) in [6.45, 7) is 0. The zero-order valence-electron chi connectivity index (χ0n) is 7.30. The summed E-state index contributed by atoms with van der Waals surface area (Å²) in [6.07, 6.45) is -0.610. The van der Waals surface area contributed by atoms with Crippen LogP contribution in [0.4, 0.5) is 8.78 Å². The van der Waals surface area contributed by atoms with Crippen LogP contribution in [0.25, 0.3) is 0 Å². The topological polar surface area (TPSA) is 23.8 Å². The number of rotatable bonds is 3. The van der Waals surface area contributed by atoms with Gasteiger partial charge in [-0.15, -0.1) is 0 Å². The minimum atomic E-state index is -2.94. The van der Waals surface area contributed by atoms with Crippen LogP contribution in [0.15, 0.2) is 24.3 Å². The molecule has 0 radical (unpaired) electrons. The average molecular weight is 216 g/mol. The van der Waals surface area contributed by atoms with Crippen molar-refractivity contribution in [3.63, 3.8) is 0 Å². The van der Waals surface area contributed by atoms with Gasteiger partial charge in [0.25, 0.3) is 5.92 Å². The Morgan fingerprint density at radius 1 is 1.29 bits per heavy atom. The van der Waals surface area contributed by atoms with Gasteiger partial charge < -0.3 is 0 Å². The highest BCUT2D eigenvalue weighted by Gasteiger charge is 2.30. The number of hydrogen-bond acceptors (Lipinski definition) is 1. The van der Waals surface area contributed by atoms with Gasteiger partial charge in [-0.2, -0.15) is 5.26 Å². The van der Waals surface area contributed by atoms with Crippen LogP contribution in [0.3, 0.4) is 0 Å². The van der Waals surface area contributed by atoms with Gasteiger partial charge in [-0.25, -0.2) is 8.78 Å². The standard InChI is InChI=1S/C10H8ClF2N/c11-9-4-2-8(3-5-9)10(12,13)6-1-7-14/h2-5H,1,6H2. The second-order valence-corrected chi connectivity index (χ2v) is 3.31. The molecule has 0 fully saturated rings. The molecule has 1 rings (SSSR count). The molecule has 0 unspecified atom stereocenters. The fraction of sp³-hybridized carbons (Fsp3) is 0.300. The maximum absolute atomic E-state index is 13.3. The molecule has 0 bridgehead atoms. The second kappa shape index (κ2) is 4.39. The molecule has 14 heavy (non-hydrogen) atoms. The lowest BCUT2D eigenvalue weighted by molar-refractivity contribution is -0.0119. The molecule has 0 heterocycles. The highest BCUT2D eigenvalue weighted by molar-refractivity contribution is 6.30. The summed E-state index contributed by atoms with van der Waals surface area (Å²) in [6, 6.07) is 7.08. The first-order chi connectivity index (χ1) is 6.56. The van der Waals surface area contributed by atoms with Gasteiger partial charge in [-0.3, -0.25) is 0 Å². The molecule has 74 valence electrons. The van der Waals surface area contributed by atoms with Crippen LogP contribution >= 0.6 is 11.6 Å². The SMILES string of the molecule is N#CCCC(F)(F)c1ccc(Cl)cc1. The van der Waals surface area contributed by atoms with Crippen molar-refractivity contribution in [2.75, 3.05) is 0 Å². The molecule has 0 aliphatic carbocycles. The maximum atomic E-state index is 13.3. The molecule has 0 spiro atoms. The van der Waals surface area contributed by atoms with Gasteiger partial charge in [0, 0.05) is 23.4 Å². The Balaban J connectivity index is 2.82. The summed E-state index contributed by atoms with van der Waals surface area (Å²) >= 11 is 5.57. The highest BCUT2D eigenvalue weighted by Crippen LogP contribution is 2.33. The van der Waals surface area contributed by atoms with Gasteiger partial charge in [-0.05, 0) is 12.1 Å². The molecule has 0 aromatic heterocycles. The Hall–Kier alpha value is -1.14. The van der Waals surface area contributed by atoms with Crippen molar-refractivity contribution in [3.05, 3.63) is 34.9 Å². The van der Waals surface area contributed by atoms with Crippen molar-refractivity contribution in [2.24, 2.45) is 0 Å². The summed E-state index contributed by atoms with van der Waals surface area (Å²) in [4.78, 5) is 0. The molecule has 4 heteroatoms. The number of halogens is 3. The lowest BCUT2D eigenvalue weighted by Gasteiger charge is -2.14. The monoisotopic (exact) mass is 215 g/mol. The summed E-state index contributed by atoms with van der Waals surface area (Å²) in [7, 11) is 0. The Kier molecular flexibility index (Phi) is 3.43. The van der Waals surface area contributed by atoms with Crippen LogP contribution in [0.5, 0.6) is 0 Å². The van der Waals surface area contributed by atoms with Gasteiger partial charge in [0.1, 0.15) is 0 Å². The molecule has 0 N–H and O–H groups in total. The van der Waals surface area contributed by atoms with E-state index in [1.807, 2.05) is 0 Å². The molecule has 0 saturated heterocycles. The Bertz CT molecular complexity index is 340. The van der Waals surface area contributed by atoms with Gasteiger partial charge in [0.05, 0.1) is 6.07 Å². The van der Waals surface area contributed by atoms with Gasteiger partial charge >= 0.3 is 0 Å². The lowest BCUT2D eigenvalue weighted by atomic mass is 10.0. The van der Waals surface area contributed by atoms with E-state index >= 15 is 0 Å². The first kappa shape index (κ1) is 10.9. The molecule has 1 nitrogen and oxygen atoms in total. The van der Waals surface area contributed by atoms with Gasteiger partial charge in [0.15, 0.2) is 0 Å². The summed E-state index contributed by atoms with van der Waals surface area (Å²) in [5.41, 5.74) is -0.0999. The lowest BCUT2D eigenvalue weighted by Crippen LogP contribution is -2.12. The van der Waals surface area contributed by atoms with E-state index in [0.717, 1.165) is 0 Å². The second-order valence-electron chi connectivity index (χ2n) is 2.87. The predicted molar refractivity (Wildman–Crippen MR) is 50.2 cm³/mol. The molecule has 0 amide bonds. The molecular formula is C10H8ClF2N. The number of nitrogens with zero attached hydrogens (tertiary/aromatic N) is 1. The Morgan fingerprint density at radius 3 is 2.36 bits per heavy atom. The van der Waals surface area contributed by atoms with E-state index in [4.69, 9.17) is 16.9 Å². The number of alkyl halides is 2. The molecule has 1 aromatic rings. The van der Waals surface area contributed by atoms with Crippen LogP contribution in [-0.2, 0) is 5.92 Å². The predicted octanol–water partition coefficient (Wildman–Crippen LogP) is 3.74. The van der Waals surface area contributed by atoms with E-state index in [-0.39, 0.29) is 12.0 Å². The average Bonchev–Trinajstić information content (AvgIpc) is 2.16. The van der Waals surface area contributed by atoms with Crippen molar-refractivity contribution in [2.45, 2.75) is 18.8 Å². The highest BCUT2D eigenvalue weighted by atomic mass is 35.5. The van der Waals surface area contributed by atoms with Crippen LogP contribution in [0, 0.1) is 11.3 Å². The third-order valence-corrected chi connectivity index (χ3v) is 2.07. The molecular weight excluding hydrogens is 208 g/mol. The molecule has 0 aliphatic rings. The zero-order chi connectivity index (χ0) is 10.6. The van der Waals surface area contributed by atoms with Crippen molar-refractivity contribution >= 4 is 11.6 Å². The zero-order valence-corrected chi connectivity index (χ0v) is 8.06. The van der Waals surface area contributed by atoms with E-state index in [1.165, 1.54) is 24.3 Å². The van der Waals surface area contributed by atoms with E-state index in [2.05, 4.69) is 0 Å². The Labute approximate surface area is 85.9 Å². The molecule has 0 aliphatic heterocycles. The number of benzene rings is 1. The van der Waals surface area contributed by atoms with Gasteiger partial charge in [-0.1, -0.05) is 23.7 Å². The van der Waals surface area contributed by atoms with Crippen molar-refractivity contribution in [1.29, 1.82) is 5.26 Å². The largest absolute Gasteiger partial charge is 0.274 e. The summed E-state index contributed by atoms with van der Waals surface area (Å²) in [5, 5.41) is 8.64. The van der Waals surface area contributed by atoms with E-state index < -0.39 is 12.3 Å². The molecule has 0 saturated carbocycles. The maximum Gasteiger partial charge on any atom is 0.274 e. The minimum absolute atomic E-state index is 0.0999. The summed E-state index contributed by atoms with van der Waals surface area (Å²) in [5.74, 6) is -2.94. The quantitative estimate of drug-likeness (QED) is 0.754. The van der Waals surface area contributed by atoms with Crippen molar-refractivity contribution < 1.29 is 8.78 Å². The van der Waals surface area contributed by atoms with E-state index in [0.29, 0.717) is 5.02 Å². The van der Waals surface area contributed by atoms with Crippen LogP contribution in [0.2, 0.25) is 5.02 Å². The van der Waals surface area contributed by atoms with Crippen molar-refractivity contribution in [1.82, 2.24) is 0 Å². The number of hydrogen-bond donors (Lipinski definition) is 0. The Morgan fingerprint density at radius 2 is 1.86 bits per heavy atom. The fourth-order valence-corrected chi connectivity index (χ4v) is 1.18. The van der Waals surface area contributed by atoms with Crippen molar-refractivity contribution in [3.8, 4) is 6.07 Å². The van der Waals surface area contributed by atoms with E-state index in [9.17, 15) is 8.78 Å². The normalized spacial score (nSPS) is 11.0.